The van der Waals surface area contributed by atoms with Crippen LogP contribution in [-0.2, 0) is 0 Å². The molecule has 5 heteroatoms. The molecule has 0 aliphatic carbocycles. The second kappa shape index (κ2) is 5.01. The van der Waals surface area contributed by atoms with Gasteiger partial charge in [-0.15, -0.1) is 0 Å². The Morgan fingerprint density at radius 2 is 2.06 bits per heavy atom. The van der Waals surface area contributed by atoms with Gasteiger partial charge in [0.05, 0.1) is 0 Å². The molecule has 0 aliphatic heterocycles. The third-order valence-electron chi connectivity index (χ3n) is 2.63. The van der Waals surface area contributed by atoms with E-state index in [0.29, 0.717) is 0 Å². The van der Waals surface area contributed by atoms with Gasteiger partial charge >= 0.3 is 5.97 Å². The number of benzene rings is 1. The van der Waals surface area contributed by atoms with E-state index in [1.807, 2.05) is 49.5 Å². The first-order chi connectivity index (χ1) is 8.49. The number of aromatic carboxylic acids is 1. The van der Waals surface area contributed by atoms with Crippen molar-refractivity contribution in [1.29, 1.82) is 0 Å². The van der Waals surface area contributed by atoms with Crippen LogP contribution in [0.4, 0.5) is 5.69 Å². The molecule has 1 aromatic heterocycles. The zero-order chi connectivity index (χ0) is 13.3. The molecule has 1 aromatic carbocycles. The van der Waals surface area contributed by atoms with Crippen molar-refractivity contribution in [2.24, 2.45) is 0 Å². The van der Waals surface area contributed by atoms with Gasteiger partial charge in [-0.2, -0.15) is 0 Å². The molecule has 2 rings (SSSR count). The van der Waals surface area contributed by atoms with Crippen molar-refractivity contribution in [3.8, 4) is 5.69 Å². The van der Waals surface area contributed by atoms with E-state index in [1.54, 1.807) is 10.6 Å². The Hall–Kier alpha value is -1.50. The molecule has 0 aliphatic rings. The number of anilines is 1. The van der Waals surface area contributed by atoms with Gasteiger partial charge in [0, 0.05) is 35.2 Å². The third-order valence-corrected chi connectivity index (χ3v) is 3.22. The average molecular weight is 356 g/mol. The third kappa shape index (κ3) is 2.50. The maximum atomic E-state index is 11.2. The summed E-state index contributed by atoms with van der Waals surface area (Å²) in [7, 11) is 3.91. The minimum Gasteiger partial charge on any atom is -0.477 e. The van der Waals surface area contributed by atoms with Crippen molar-refractivity contribution in [2.45, 2.75) is 0 Å². The minimum atomic E-state index is -0.923. The van der Waals surface area contributed by atoms with Crippen molar-refractivity contribution in [1.82, 2.24) is 4.57 Å². The Bertz CT molecular complexity index is 590. The van der Waals surface area contributed by atoms with Crippen LogP contribution in [0.3, 0.4) is 0 Å². The second-order valence-electron chi connectivity index (χ2n) is 4.13. The number of hydrogen-bond acceptors (Lipinski definition) is 2. The fraction of sp³-hybridized carbons (Fsp3) is 0.154. The summed E-state index contributed by atoms with van der Waals surface area (Å²) in [6.45, 7) is 0. The summed E-state index contributed by atoms with van der Waals surface area (Å²) in [6, 6.07) is 9.42. The Kier molecular flexibility index (Phi) is 3.60. The fourth-order valence-corrected chi connectivity index (χ4v) is 2.30. The van der Waals surface area contributed by atoms with E-state index in [9.17, 15) is 9.90 Å². The quantitative estimate of drug-likeness (QED) is 0.861. The van der Waals surface area contributed by atoms with Crippen LogP contribution in [0.15, 0.2) is 36.5 Å². The van der Waals surface area contributed by atoms with Crippen LogP contribution in [0.2, 0.25) is 0 Å². The van der Waals surface area contributed by atoms with E-state index in [1.165, 1.54) is 0 Å². The molecule has 94 valence electrons. The summed E-state index contributed by atoms with van der Waals surface area (Å²) in [5.74, 6) is -0.923. The lowest BCUT2D eigenvalue weighted by molar-refractivity contribution is 0.0688. The highest BCUT2D eigenvalue weighted by molar-refractivity contribution is 14.1. The van der Waals surface area contributed by atoms with E-state index in [0.717, 1.165) is 14.9 Å². The molecule has 0 saturated heterocycles. The number of carboxylic acids is 1. The number of rotatable bonds is 3. The zero-order valence-corrected chi connectivity index (χ0v) is 12.2. The molecule has 0 spiro atoms. The maximum absolute atomic E-state index is 11.2. The number of halogens is 1. The molecule has 1 N–H and O–H groups in total. The van der Waals surface area contributed by atoms with Gasteiger partial charge in [-0.3, -0.25) is 0 Å². The first kappa shape index (κ1) is 12.9. The smallest absolute Gasteiger partial charge is 0.352 e. The fourth-order valence-electron chi connectivity index (χ4n) is 1.73. The number of carbonyl (C=O) groups is 1. The zero-order valence-electron chi connectivity index (χ0n) is 10.1. The average Bonchev–Trinajstić information content (AvgIpc) is 2.72. The van der Waals surface area contributed by atoms with Gasteiger partial charge in [-0.1, -0.05) is 6.07 Å². The highest BCUT2D eigenvalue weighted by Gasteiger charge is 2.13. The Labute approximate surface area is 119 Å². The molecule has 0 bridgehead atoms. The van der Waals surface area contributed by atoms with Gasteiger partial charge < -0.3 is 14.6 Å². The van der Waals surface area contributed by atoms with Crippen LogP contribution in [0.1, 0.15) is 10.5 Å². The minimum absolute atomic E-state index is 0.273. The van der Waals surface area contributed by atoms with Crippen LogP contribution in [0, 0.1) is 3.57 Å². The Morgan fingerprint density at radius 3 is 2.67 bits per heavy atom. The van der Waals surface area contributed by atoms with Gasteiger partial charge in [0.2, 0.25) is 0 Å². The topological polar surface area (TPSA) is 45.5 Å². The summed E-state index contributed by atoms with van der Waals surface area (Å²) in [4.78, 5) is 13.2. The summed E-state index contributed by atoms with van der Waals surface area (Å²) in [6.07, 6.45) is 1.82. The summed E-state index contributed by atoms with van der Waals surface area (Å²) in [5, 5.41) is 9.18. The summed E-state index contributed by atoms with van der Waals surface area (Å²) in [5.41, 5.74) is 2.16. The monoisotopic (exact) mass is 356 g/mol. The van der Waals surface area contributed by atoms with Crippen LogP contribution in [0.5, 0.6) is 0 Å². The van der Waals surface area contributed by atoms with Crippen molar-refractivity contribution in [3.63, 3.8) is 0 Å². The number of aromatic nitrogens is 1. The van der Waals surface area contributed by atoms with E-state index in [2.05, 4.69) is 22.6 Å². The van der Waals surface area contributed by atoms with Crippen LogP contribution in [-0.4, -0.2) is 29.7 Å². The van der Waals surface area contributed by atoms with Gasteiger partial charge in [-0.05, 0) is 46.9 Å². The highest BCUT2D eigenvalue weighted by Crippen LogP contribution is 2.21. The summed E-state index contributed by atoms with van der Waals surface area (Å²) < 4.78 is 2.59. The normalized spacial score (nSPS) is 10.4. The van der Waals surface area contributed by atoms with Crippen molar-refractivity contribution < 1.29 is 9.90 Å². The number of nitrogens with zero attached hydrogens (tertiary/aromatic N) is 2. The lowest BCUT2D eigenvalue weighted by Crippen LogP contribution is -2.10. The molecular weight excluding hydrogens is 343 g/mol. The SMILES string of the molecule is CN(C)c1cccc(-n2cc(I)cc2C(=O)O)c1. The van der Waals surface area contributed by atoms with E-state index in [4.69, 9.17) is 0 Å². The Balaban J connectivity index is 2.54. The van der Waals surface area contributed by atoms with Gasteiger partial charge in [0.25, 0.3) is 0 Å². The lowest BCUT2D eigenvalue weighted by Gasteiger charge is -2.14. The molecule has 0 atom stereocenters. The number of hydrogen-bond donors (Lipinski definition) is 1. The van der Waals surface area contributed by atoms with Crippen molar-refractivity contribution in [3.05, 3.63) is 45.8 Å². The molecular formula is C13H13IN2O2. The van der Waals surface area contributed by atoms with Crippen molar-refractivity contribution in [2.75, 3.05) is 19.0 Å². The van der Waals surface area contributed by atoms with Gasteiger partial charge in [0.1, 0.15) is 5.69 Å². The van der Waals surface area contributed by atoms with Crippen LogP contribution >= 0.6 is 22.6 Å². The molecule has 0 fully saturated rings. The predicted octanol–water partition coefficient (Wildman–Crippen LogP) is 2.85. The van der Waals surface area contributed by atoms with Gasteiger partial charge in [0.15, 0.2) is 0 Å². The van der Waals surface area contributed by atoms with Gasteiger partial charge in [-0.25, -0.2) is 4.79 Å². The number of carboxylic acid groups (broad SMARTS) is 1. The first-order valence-electron chi connectivity index (χ1n) is 5.38. The molecule has 0 radical (unpaired) electrons. The van der Waals surface area contributed by atoms with Crippen molar-refractivity contribution >= 4 is 34.2 Å². The maximum Gasteiger partial charge on any atom is 0.352 e. The molecule has 0 saturated carbocycles. The molecule has 4 nitrogen and oxygen atoms in total. The molecule has 2 aromatic rings. The summed E-state index contributed by atoms with van der Waals surface area (Å²) >= 11 is 2.11. The molecule has 18 heavy (non-hydrogen) atoms. The largest absolute Gasteiger partial charge is 0.477 e. The highest BCUT2D eigenvalue weighted by atomic mass is 127. The standard InChI is InChI=1S/C13H13IN2O2/c1-15(2)10-4-3-5-11(7-10)16-8-9(14)6-12(16)13(17)18/h3-8H,1-2H3,(H,17,18). The second-order valence-corrected chi connectivity index (χ2v) is 5.38. The molecule has 1 heterocycles. The van der Waals surface area contributed by atoms with Crippen LogP contribution < -0.4 is 4.90 Å². The lowest BCUT2D eigenvalue weighted by atomic mass is 10.2. The van der Waals surface area contributed by atoms with E-state index >= 15 is 0 Å². The van der Waals surface area contributed by atoms with E-state index in [-0.39, 0.29) is 5.69 Å². The first-order valence-corrected chi connectivity index (χ1v) is 6.46. The van der Waals surface area contributed by atoms with Crippen LogP contribution in [0.25, 0.3) is 5.69 Å². The Morgan fingerprint density at radius 1 is 1.33 bits per heavy atom. The molecule has 0 amide bonds. The van der Waals surface area contributed by atoms with E-state index < -0.39 is 5.97 Å². The molecule has 0 unspecified atom stereocenters. The predicted molar refractivity (Wildman–Crippen MR) is 79.8 cm³/mol.